The van der Waals surface area contributed by atoms with Crippen molar-refractivity contribution in [2.24, 2.45) is 5.41 Å². The van der Waals surface area contributed by atoms with Crippen LogP contribution >= 0.6 is 0 Å². The number of likely N-dealkylation sites (N-methyl/N-ethyl adjacent to an activating group) is 1. The number of aliphatic hydroxyl groups is 1. The molecule has 1 aromatic carbocycles. The van der Waals surface area contributed by atoms with E-state index in [4.69, 9.17) is 9.47 Å². The van der Waals surface area contributed by atoms with E-state index in [-0.39, 0.29) is 28.9 Å². The first-order valence-electron chi connectivity index (χ1n) is 12.6. The number of hydrogen-bond donors (Lipinski definition) is 1. The molecule has 2 fully saturated rings. The smallest absolute Gasteiger partial charge is 0.303 e. The number of hydrogen-bond acceptors (Lipinski definition) is 6. The van der Waals surface area contributed by atoms with Crippen LogP contribution in [-0.4, -0.2) is 67.0 Å². The van der Waals surface area contributed by atoms with Crippen molar-refractivity contribution in [3.8, 4) is 5.75 Å². The van der Waals surface area contributed by atoms with Crippen molar-refractivity contribution in [2.45, 2.75) is 89.0 Å². The standard InChI is InChI=1S/C28H40N2O4/c1-9-27-11-10-13-30-14-12-28(23(27)30)18-15-19(25(3,4)5)21(33-8)16-20(18)29(7)22(28)26(6,32)24(27)34-17(2)31/h10-11,15-16,22-24,32H,9,12-14H2,1-8H3/t22?,23?,24-,26-,27+,28?/m0/s1. The van der Waals surface area contributed by atoms with Crippen molar-refractivity contribution in [3.05, 3.63) is 35.4 Å². The van der Waals surface area contributed by atoms with Gasteiger partial charge in [-0.05, 0) is 48.9 Å². The predicted octanol–water partition coefficient (Wildman–Crippen LogP) is 3.79. The fraction of sp³-hybridized carbons (Fsp3) is 0.679. The molecule has 0 radical (unpaired) electrons. The normalized spacial score (nSPS) is 38.4. The van der Waals surface area contributed by atoms with Crippen LogP contribution in [0.25, 0.3) is 0 Å². The molecule has 1 aromatic rings. The summed E-state index contributed by atoms with van der Waals surface area (Å²) in [5.74, 6) is 0.536. The minimum Gasteiger partial charge on any atom is -0.496 e. The largest absolute Gasteiger partial charge is 0.496 e. The molecule has 5 rings (SSSR count). The first kappa shape index (κ1) is 23.7. The van der Waals surface area contributed by atoms with Crippen LogP contribution in [0.3, 0.4) is 0 Å². The van der Waals surface area contributed by atoms with Crippen LogP contribution < -0.4 is 9.64 Å². The van der Waals surface area contributed by atoms with Crippen molar-refractivity contribution in [1.29, 1.82) is 0 Å². The third-order valence-electron chi connectivity index (χ3n) is 9.29. The van der Waals surface area contributed by atoms with E-state index in [9.17, 15) is 9.90 Å². The summed E-state index contributed by atoms with van der Waals surface area (Å²) in [6, 6.07) is 4.43. The second-order valence-corrected chi connectivity index (χ2v) is 12.1. The number of rotatable bonds is 3. The number of benzene rings is 1. The lowest BCUT2D eigenvalue weighted by atomic mass is 9.48. The summed E-state index contributed by atoms with van der Waals surface area (Å²) in [5.41, 5.74) is 1.51. The van der Waals surface area contributed by atoms with Crippen LogP contribution in [0.1, 0.15) is 65.5 Å². The number of carbonyl (C=O) groups is 1. The molecule has 34 heavy (non-hydrogen) atoms. The summed E-state index contributed by atoms with van der Waals surface area (Å²) >= 11 is 0. The lowest BCUT2D eigenvalue weighted by Gasteiger charge is -2.64. The van der Waals surface area contributed by atoms with Crippen molar-refractivity contribution in [2.75, 3.05) is 32.1 Å². The summed E-state index contributed by atoms with van der Waals surface area (Å²) in [7, 11) is 3.81. The SMILES string of the molecule is CC[C@]12C=CCN3CCC4(c5cc(C(C)(C)C)c(OC)cc5N(C)C4[C@](C)(O)[C@@H]1OC(C)=O)C32. The Bertz CT molecular complexity index is 1060. The van der Waals surface area contributed by atoms with Crippen molar-refractivity contribution >= 4 is 11.7 Å². The van der Waals surface area contributed by atoms with Gasteiger partial charge in [-0.15, -0.1) is 0 Å². The van der Waals surface area contributed by atoms with Gasteiger partial charge in [-0.25, -0.2) is 0 Å². The van der Waals surface area contributed by atoms with Gasteiger partial charge in [0.2, 0.25) is 0 Å². The third-order valence-corrected chi connectivity index (χ3v) is 9.29. The molecule has 6 heteroatoms. The zero-order chi connectivity index (χ0) is 24.8. The number of anilines is 1. The maximum Gasteiger partial charge on any atom is 0.303 e. The fourth-order valence-corrected chi connectivity index (χ4v) is 8.35. The number of methoxy groups -OCH3 is 1. The second-order valence-electron chi connectivity index (χ2n) is 12.1. The van der Waals surface area contributed by atoms with E-state index in [0.29, 0.717) is 0 Å². The van der Waals surface area contributed by atoms with Crippen LogP contribution in [-0.2, 0) is 20.4 Å². The highest BCUT2D eigenvalue weighted by atomic mass is 16.6. The Morgan fingerprint density at radius 3 is 2.56 bits per heavy atom. The maximum absolute atomic E-state index is 12.4. The third kappa shape index (κ3) is 2.73. The highest BCUT2D eigenvalue weighted by molar-refractivity contribution is 5.72. The summed E-state index contributed by atoms with van der Waals surface area (Å²) in [6.07, 6.45) is 5.58. The van der Waals surface area contributed by atoms with Gasteiger partial charge in [0.05, 0.1) is 13.2 Å². The molecule has 1 spiro atoms. The van der Waals surface area contributed by atoms with Crippen LogP contribution in [0.15, 0.2) is 24.3 Å². The van der Waals surface area contributed by atoms with Crippen LogP contribution in [0, 0.1) is 5.41 Å². The van der Waals surface area contributed by atoms with Gasteiger partial charge >= 0.3 is 5.97 Å². The lowest BCUT2D eigenvalue weighted by molar-refractivity contribution is -0.213. The molecule has 186 valence electrons. The predicted molar refractivity (Wildman–Crippen MR) is 134 cm³/mol. The topological polar surface area (TPSA) is 62.2 Å². The van der Waals surface area contributed by atoms with Crippen LogP contribution in [0.2, 0.25) is 0 Å². The monoisotopic (exact) mass is 468 g/mol. The second kappa shape index (κ2) is 7.23. The van der Waals surface area contributed by atoms with E-state index in [1.54, 1.807) is 7.11 Å². The maximum atomic E-state index is 12.4. The van der Waals surface area contributed by atoms with Gasteiger partial charge < -0.3 is 19.5 Å². The summed E-state index contributed by atoms with van der Waals surface area (Å²) in [6.45, 7) is 14.0. The van der Waals surface area contributed by atoms with Crippen LogP contribution in [0.4, 0.5) is 5.69 Å². The van der Waals surface area contributed by atoms with E-state index < -0.39 is 17.1 Å². The molecule has 0 bridgehead atoms. The van der Waals surface area contributed by atoms with Gasteiger partial charge in [-0.3, -0.25) is 9.69 Å². The molecule has 4 aliphatic rings. The van der Waals surface area contributed by atoms with Crippen LogP contribution in [0.5, 0.6) is 5.75 Å². The molecule has 0 amide bonds. The quantitative estimate of drug-likeness (QED) is 0.538. The van der Waals surface area contributed by atoms with Gasteiger partial charge in [-0.2, -0.15) is 0 Å². The molecule has 3 aliphatic heterocycles. The first-order valence-corrected chi connectivity index (χ1v) is 12.6. The molecule has 3 heterocycles. The number of esters is 1. The Morgan fingerprint density at radius 2 is 1.97 bits per heavy atom. The summed E-state index contributed by atoms with van der Waals surface area (Å²) < 4.78 is 11.9. The lowest BCUT2D eigenvalue weighted by Crippen LogP contribution is -2.78. The average Bonchev–Trinajstić information content (AvgIpc) is 3.27. The van der Waals surface area contributed by atoms with Gasteiger partial charge in [0.25, 0.3) is 0 Å². The molecule has 1 saturated carbocycles. The zero-order valence-electron chi connectivity index (χ0n) is 21.9. The molecule has 1 aliphatic carbocycles. The Labute approximate surface area is 203 Å². The molecule has 3 unspecified atom stereocenters. The van der Waals surface area contributed by atoms with Crippen molar-refractivity contribution in [3.63, 3.8) is 0 Å². The Hall–Kier alpha value is -2.05. The minimum absolute atomic E-state index is 0.0856. The molecular formula is C28H40N2O4. The van der Waals surface area contributed by atoms with Crippen molar-refractivity contribution < 1.29 is 19.4 Å². The number of ether oxygens (including phenoxy) is 2. The fourth-order valence-electron chi connectivity index (χ4n) is 8.35. The summed E-state index contributed by atoms with van der Waals surface area (Å²) in [4.78, 5) is 17.1. The van der Waals surface area contributed by atoms with Gasteiger partial charge in [0, 0.05) is 49.1 Å². The van der Waals surface area contributed by atoms with Crippen molar-refractivity contribution in [1.82, 2.24) is 4.90 Å². The van der Waals surface area contributed by atoms with E-state index >= 15 is 0 Å². The Kier molecular flexibility index (Phi) is 5.04. The van der Waals surface area contributed by atoms with E-state index in [2.05, 4.69) is 68.8 Å². The average molecular weight is 469 g/mol. The Morgan fingerprint density at radius 1 is 1.26 bits per heavy atom. The zero-order valence-corrected chi connectivity index (χ0v) is 21.9. The molecule has 1 N–H and O–H groups in total. The van der Waals surface area contributed by atoms with E-state index in [0.717, 1.165) is 37.4 Å². The van der Waals surface area contributed by atoms with E-state index in [1.165, 1.54) is 18.1 Å². The summed E-state index contributed by atoms with van der Waals surface area (Å²) in [5, 5.41) is 12.4. The highest BCUT2D eigenvalue weighted by Gasteiger charge is 2.76. The number of fused-ring (bicyclic) bond motifs is 1. The molecule has 6 nitrogen and oxygen atoms in total. The Balaban J connectivity index is 1.84. The number of carbonyl (C=O) groups excluding carboxylic acids is 1. The highest BCUT2D eigenvalue weighted by Crippen LogP contribution is 2.67. The molecule has 0 aromatic heterocycles. The molecule has 6 atom stereocenters. The first-order chi connectivity index (χ1) is 15.9. The molecule has 1 saturated heterocycles. The van der Waals surface area contributed by atoms with Gasteiger partial charge in [-0.1, -0.05) is 39.8 Å². The minimum atomic E-state index is -1.25. The molecular weight excluding hydrogens is 428 g/mol. The number of nitrogens with zero attached hydrogens (tertiary/aromatic N) is 2. The van der Waals surface area contributed by atoms with Gasteiger partial charge in [0.15, 0.2) is 0 Å². The van der Waals surface area contributed by atoms with E-state index in [1.807, 2.05) is 6.92 Å². The van der Waals surface area contributed by atoms with Gasteiger partial charge in [0.1, 0.15) is 17.5 Å².